The summed E-state index contributed by atoms with van der Waals surface area (Å²) in [5.41, 5.74) is 4.58. The van der Waals surface area contributed by atoms with Gasteiger partial charge in [-0.05, 0) is 38.0 Å². The van der Waals surface area contributed by atoms with Gasteiger partial charge in [0.1, 0.15) is 18.2 Å². The van der Waals surface area contributed by atoms with Gasteiger partial charge < -0.3 is 5.32 Å². The van der Waals surface area contributed by atoms with Gasteiger partial charge in [-0.1, -0.05) is 63.6 Å². The molecule has 1 aromatic heterocycles. The number of amides is 2. The molecule has 1 atom stereocenters. The average molecular weight is 523 g/mol. The molecule has 0 radical (unpaired) electrons. The smallest absolute Gasteiger partial charge is 0.240 e. The Labute approximate surface area is 222 Å². The molecule has 0 spiro atoms. The number of carbonyl (C=O) groups excluding carboxylic acids is 2. The van der Waals surface area contributed by atoms with Gasteiger partial charge in [-0.15, -0.1) is 11.8 Å². The molecule has 0 fully saturated rings. The molecule has 2 heterocycles. The van der Waals surface area contributed by atoms with E-state index in [1.54, 1.807) is 16.8 Å². The number of nitrogens with one attached hydrogen (secondary N) is 1. The molecular weight excluding hydrogens is 487 g/mol. The van der Waals surface area contributed by atoms with Gasteiger partial charge in [0.15, 0.2) is 0 Å². The molecule has 37 heavy (non-hydrogen) atoms. The highest BCUT2D eigenvalue weighted by Gasteiger charge is 2.40. The first-order chi connectivity index (χ1) is 17.5. The van der Waals surface area contributed by atoms with Crippen molar-refractivity contribution in [1.82, 2.24) is 15.1 Å². The van der Waals surface area contributed by atoms with E-state index in [0.717, 1.165) is 34.5 Å². The first kappa shape index (κ1) is 26.9. The minimum Gasteiger partial charge on any atom is -0.355 e. The summed E-state index contributed by atoms with van der Waals surface area (Å²) >= 11 is 1.38. The Kier molecular flexibility index (Phi) is 7.78. The van der Waals surface area contributed by atoms with Gasteiger partial charge >= 0.3 is 0 Å². The van der Waals surface area contributed by atoms with E-state index in [1.165, 1.54) is 22.7 Å². The highest BCUT2D eigenvalue weighted by Crippen LogP contribution is 2.49. The molecule has 0 saturated heterocycles. The average Bonchev–Trinajstić information content (AvgIpc) is 3.16. The summed E-state index contributed by atoms with van der Waals surface area (Å²) in [6.07, 6.45) is 0.796. The van der Waals surface area contributed by atoms with Gasteiger partial charge in [0.2, 0.25) is 11.8 Å². The number of hydrogen-bond donors (Lipinski definition) is 1. The number of fused-ring (bicyclic) bond motifs is 1. The fraction of sp³-hybridized carbons (Fsp3) is 0.414. The second kappa shape index (κ2) is 10.7. The fourth-order valence-corrected chi connectivity index (χ4v) is 5.90. The van der Waals surface area contributed by atoms with E-state index in [1.807, 2.05) is 39.0 Å². The monoisotopic (exact) mass is 522 g/mol. The zero-order valence-electron chi connectivity index (χ0n) is 22.4. The topological polar surface area (TPSA) is 67.2 Å². The lowest BCUT2D eigenvalue weighted by Crippen LogP contribution is -2.42. The van der Waals surface area contributed by atoms with Crippen LogP contribution in [0.5, 0.6) is 0 Å². The lowest BCUT2D eigenvalue weighted by atomic mass is 9.87. The Morgan fingerprint density at radius 1 is 1.19 bits per heavy atom. The molecule has 1 aliphatic rings. The predicted octanol–water partition coefficient (Wildman–Crippen LogP) is 5.62. The normalized spacial score (nSPS) is 15.9. The summed E-state index contributed by atoms with van der Waals surface area (Å²) in [7, 11) is 0. The van der Waals surface area contributed by atoms with E-state index in [9.17, 15) is 9.59 Å². The van der Waals surface area contributed by atoms with Crippen molar-refractivity contribution in [2.45, 2.75) is 58.6 Å². The summed E-state index contributed by atoms with van der Waals surface area (Å²) in [6, 6.07) is 12.8. The third-order valence-electron chi connectivity index (χ3n) is 6.44. The third-order valence-corrected chi connectivity index (χ3v) is 7.68. The lowest BCUT2D eigenvalue weighted by molar-refractivity contribution is -0.122. The van der Waals surface area contributed by atoms with Crippen LogP contribution in [0.15, 0.2) is 42.5 Å². The molecule has 1 N–H and O–H groups in total. The molecule has 0 saturated carbocycles. The Morgan fingerprint density at radius 2 is 1.92 bits per heavy atom. The number of anilines is 1. The van der Waals surface area contributed by atoms with Crippen LogP contribution >= 0.6 is 11.8 Å². The van der Waals surface area contributed by atoms with Crippen molar-refractivity contribution in [1.29, 1.82) is 0 Å². The quantitative estimate of drug-likeness (QED) is 0.456. The van der Waals surface area contributed by atoms with Crippen LogP contribution in [0, 0.1) is 19.7 Å². The summed E-state index contributed by atoms with van der Waals surface area (Å²) in [4.78, 5) is 28.1. The lowest BCUT2D eigenvalue weighted by Gasteiger charge is -2.25. The molecular formula is C29H35FN4O2S. The minimum absolute atomic E-state index is 0.116. The molecule has 1 aliphatic heterocycles. The summed E-state index contributed by atoms with van der Waals surface area (Å²) < 4.78 is 17.0. The Bertz CT molecular complexity index is 1330. The molecule has 6 nitrogen and oxygen atoms in total. The summed E-state index contributed by atoms with van der Waals surface area (Å²) in [5.74, 6) is -0.117. The van der Waals surface area contributed by atoms with Crippen molar-refractivity contribution in [3.05, 3.63) is 76.2 Å². The molecule has 0 bridgehead atoms. The number of halogens is 1. The largest absolute Gasteiger partial charge is 0.355 e. The van der Waals surface area contributed by atoms with Crippen LogP contribution in [0.1, 0.15) is 67.3 Å². The van der Waals surface area contributed by atoms with E-state index < -0.39 is 10.7 Å². The van der Waals surface area contributed by atoms with Crippen molar-refractivity contribution < 1.29 is 14.0 Å². The van der Waals surface area contributed by atoms with Crippen molar-refractivity contribution in [2.75, 3.05) is 23.7 Å². The Hall–Kier alpha value is -3.13. The molecule has 2 aromatic carbocycles. The van der Waals surface area contributed by atoms with Crippen molar-refractivity contribution >= 4 is 29.4 Å². The molecule has 8 heteroatoms. The number of nitrogens with zero attached hydrogens (tertiary/aromatic N) is 3. The molecule has 0 unspecified atom stereocenters. The van der Waals surface area contributed by atoms with Gasteiger partial charge in [0, 0.05) is 23.1 Å². The Morgan fingerprint density at radius 3 is 2.57 bits per heavy atom. The number of rotatable bonds is 6. The van der Waals surface area contributed by atoms with Crippen molar-refractivity contribution in [3.8, 4) is 5.69 Å². The van der Waals surface area contributed by atoms with Gasteiger partial charge in [-0.25, -0.2) is 9.07 Å². The molecule has 3 aromatic rings. The van der Waals surface area contributed by atoms with E-state index >= 15 is 4.39 Å². The van der Waals surface area contributed by atoms with Gasteiger partial charge in [-0.2, -0.15) is 5.10 Å². The first-order valence-corrected chi connectivity index (χ1v) is 13.7. The van der Waals surface area contributed by atoms with E-state index in [0.29, 0.717) is 17.9 Å². The first-order valence-electron chi connectivity index (χ1n) is 12.7. The number of aryl methyl sites for hydroxylation is 2. The van der Waals surface area contributed by atoms with Crippen molar-refractivity contribution in [2.24, 2.45) is 0 Å². The van der Waals surface area contributed by atoms with Crippen LogP contribution in [0.25, 0.3) is 5.69 Å². The maximum absolute atomic E-state index is 15.2. The zero-order chi connectivity index (χ0) is 26.9. The number of thioether (sulfide) groups is 1. The second-order valence-electron chi connectivity index (χ2n) is 10.6. The zero-order valence-corrected chi connectivity index (χ0v) is 23.2. The maximum atomic E-state index is 15.2. The second-order valence-corrected chi connectivity index (χ2v) is 11.7. The van der Waals surface area contributed by atoms with Crippen LogP contribution in [-0.4, -0.2) is 40.4 Å². The third kappa shape index (κ3) is 5.44. The summed E-state index contributed by atoms with van der Waals surface area (Å²) in [6.45, 7) is 12.6. The molecule has 4 rings (SSSR count). The number of aromatic nitrogens is 2. The van der Waals surface area contributed by atoms with Gasteiger partial charge in [0.25, 0.3) is 0 Å². The van der Waals surface area contributed by atoms with Crippen LogP contribution < -0.4 is 10.2 Å². The highest BCUT2D eigenvalue weighted by molar-refractivity contribution is 8.00. The fourth-order valence-electron chi connectivity index (χ4n) is 4.68. The van der Waals surface area contributed by atoms with Crippen LogP contribution in [-0.2, 0) is 15.0 Å². The Balaban J connectivity index is 2.04. The van der Waals surface area contributed by atoms with Gasteiger partial charge in [-0.3, -0.25) is 14.5 Å². The van der Waals surface area contributed by atoms with Crippen LogP contribution in [0.3, 0.4) is 0 Å². The van der Waals surface area contributed by atoms with Gasteiger partial charge in [0.05, 0.1) is 22.4 Å². The maximum Gasteiger partial charge on any atom is 0.240 e. The number of hydrogen-bond acceptors (Lipinski definition) is 4. The SMILES string of the molecule is CCCNC(=O)CN1C(=O)CS[C@@H](c2ccccc2F)c2c(C(C)(C)C)nn(-c3ccc(C)cc3C)c21. The molecule has 2 amide bonds. The summed E-state index contributed by atoms with van der Waals surface area (Å²) in [5, 5.41) is 7.51. The van der Waals surface area contributed by atoms with Crippen LogP contribution in [0.4, 0.5) is 10.2 Å². The number of benzene rings is 2. The van der Waals surface area contributed by atoms with Crippen LogP contribution in [0.2, 0.25) is 0 Å². The molecule has 196 valence electrons. The van der Waals surface area contributed by atoms with Crippen molar-refractivity contribution in [3.63, 3.8) is 0 Å². The number of carbonyl (C=O) groups is 2. The highest BCUT2D eigenvalue weighted by atomic mass is 32.2. The van der Waals surface area contributed by atoms with E-state index in [2.05, 4.69) is 32.2 Å². The van der Waals surface area contributed by atoms with E-state index in [-0.39, 0.29) is 29.9 Å². The predicted molar refractivity (Wildman–Crippen MR) is 148 cm³/mol. The van der Waals surface area contributed by atoms with E-state index in [4.69, 9.17) is 5.10 Å². The standard InChI is InChI=1S/C29H35FN4O2S/c1-7-14-31-23(35)16-33-24(36)17-37-26(20-10-8-9-11-21(20)30)25-27(29(4,5)6)32-34(28(25)33)22-13-12-18(2)15-19(22)3/h8-13,15,26H,7,14,16-17H2,1-6H3,(H,31,35)/t26-/m0/s1. The molecule has 0 aliphatic carbocycles. The minimum atomic E-state index is -0.461.